The Morgan fingerprint density at radius 3 is 2.82 bits per heavy atom. The van der Waals surface area contributed by atoms with Gasteiger partial charge in [0.05, 0.1) is 10.6 Å². The van der Waals surface area contributed by atoms with Gasteiger partial charge < -0.3 is 5.32 Å². The number of carbonyl (C=O) groups is 2. The van der Waals surface area contributed by atoms with E-state index in [2.05, 4.69) is 22.4 Å². The van der Waals surface area contributed by atoms with E-state index in [9.17, 15) is 9.59 Å². The molecule has 1 aliphatic rings. The lowest BCUT2D eigenvalue weighted by molar-refractivity contribution is -0.116. The number of aromatic nitrogens is 1. The van der Waals surface area contributed by atoms with Crippen molar-refractivity contribution in [3.63, 3.8) is 0 Å². The van der Waals surface area contributed by atoms with Crippen molar-refractivity contribution in [2.24, 2.45) is 0 Å². The largest absolute Gasteiger partial charge is 0.302 e. The number of hydrogen-bond acceptors (Lipinski definition) is 4. The van der Waals surface area contributed by atoms with Gasteiger partial charge in [-0.1, -0.05) is 48.6 Å². The number of thiazole rings is 1. The van der Waals surface area contributed by atoms with Crippen LogP contribution in [0.4, 0.5) is 5.13 Å². The highest BCUT2D eigenvalue weighted by molar-refractivity contribution is 7.17. The Morgan fingerprint density at radius 1 is 1.32 bits per heavy atom. The fourth-order valence-electron chi connectivity index (χ4n) is 2.75. The number of fused-ring (bicyclic) bond motifs is 1. The second kappa shape index (κ2) is 6.40. The fraction of sp³-hybridized carbons (Fsp3) is 0.353. The number of nitrogens with one attached hydrogen (secondary N) is 1. The van der Waals surface area contributed by atoms with Crippen LogP contribution >= 0.6 is 11.3 Å². The lowest BCUT2D eigenvalue weighted by Gasteiger charge is -2.20. The van der Waals surface area contributed by atoms with Crippen LogP contribution in [0.3, 0.4) is 0 Å². The van der Waals surface area contributed by atoms with Gasteiger partial charge in [-0.2, -0.15) is 0 Å². The van der Waals surface area contributed by atoms with Crippen molar-refractivity contribution in [3.05, 3.63) is 46.5 Å². The molecule has 1 aromatic carbocycles. The van der Waals surface area contributed by atoms with E-state index in [1.54, 1.807) is 0 Å². The first-order valence-corrected chi connectivity index (χ1v) is 8.36. The molecule has 0 aliphatic heterocycles. The van der Waals surface area contributed by atoms with Gasteiger partial charge in [0, 0.05) is 12.8 Å². The van der Waals surface area contributed by atoms with E-state index in [1.807, 2.05) is 25.1 Å². The molecule has 0 radical (unpaired) electrons. The first-order chi connectivity index (χ1) is 10.7. The van der Waals surface area contributed by atoms with Crippen LogP contribution in [0.15, 0.2) is 30.3 Å². The lowest BCUT2D eigenvalue weighted by atomic mass is 9.85. The highest BCUT2D eigenvalue weighted by atomic mass is 32.1. The van der Waals surface area contributed by atoms with Crippen LogP contribution < -0.4 is 5.32 Å². The summed E-state index contributed by atoms with van der Waals surface area (Å²) in [5.41, 5.74) is 1.99. The number of anilines is 1. The molecule has 1 atom stereocenters. The van der Waals surface area contributed by atoms with Crippen molar-refractivity contribution in [1.29, 1.82) is 0 Å². The standard InChI is InChI=1S/C17H18N2O2S/c1-2-6-15(21)19-17-18-13-9-12(10-14(20)16(13)22-17)11-7-4-3-5-8-11/h3-5,7-8,12H,2,6,9-10H2,1H3,(H,18,19,21)/t12-/m0/s1. The maximum absolute atomic E-state index is 12.4. The van der Waals surface area contributed by atoms with Gasteiger partial charge in [-0.25, -0.2) is 4.98 Å². The quantitative estimate of drug-likeness (QED) is 0.934. The summed E-state index contributed by atoms with van der Waals surface area (Å²) in [5.74, 6) is 0.270. The Morgan fingerprint density at radius 2 is 2.09 bits per heavy atom. The Balaban J connectivity index is 1.80. The van der Waals surface area contributed by atoms with Crippen LogP contribution in [0.1, 0.15) is 53.0 Å². The van der Waals surface area contributed by atoms with Crippen molar-refractivity contribution in [3.8, 4) is 0 Å². The average Bonchev–Trinajstić information content (AvgIpc) is 2.91. The molecule has 3 rings (SSSR count). The number of amides is 1. The molecule has 0 spiro atoms. The monoisotopic (exact) mass is 314 g/mol. The van der Waals surface area contributed by atoms with Crippen molar-refractivity contribution >= 4 is 28.2 Å². The molecular weight excluding hydrogens is 296 g/mol. The summed E-state index contributed by atoms with van der Waals surface area (Å²) in [6.45, 7) is 1.96. The van der Waals surface area contributed by atoms with Gasteiger partial charge in [-0.15, -0.1) is 0 Å². The van der Waals surface area contributed by atoms with Crippen molar-refractivity contribution in [2.45, 2.75) is 38.5 Å². The first kappa shape index (κ1) is 14.9. The summed E-state index contributed by atoms with van der Waals surface area (Å²) in [5, 5.41) is 3.34. The zero-order valence-corrected chi connectivity index (χ0v) is 13.3. The Kier molecular flexibility index (Phi) is 4.34. The molecule has 114 valence electrons. The van der Waals surface area contributed by atoms with E-state index in [0.717, 1.165) is 18.5 Å². The molecule has 1 amide bonds. The van der Waals surface area contributed by atoms with E-state index in [1.165, 1.54) is 16.9 Å². The second-order valence-electron chi connectivity index (χ2n) is 5.53. The minimum absolute atomic E-state index is 0.0411. The maximum Gasteiger partial charge on any atom is 0.226 e. The van der Waals surface area contributed by atoms with Gasteiger partial charge in [-0.3, -0.25) is 9.59 Å². The normalized spacial score (nSPS) is 17.1. The number of benzene rings is 1. The van der Waals surface area contributed by atoms with Gasteiger partial charge in [0.15, 0.2) is 10.9 Å². The van der Waals surface area contributed by atoms with Gasteiger partial charge >= 0.3 is 0 Å². The molecule has 0 unspecified atom stereocenters. The molecule has 0 saturated heterocycles. The molecule has 0 saturated carbocycles. The van der Waals surface area contributed by atoms with Crippen LogP contribution in [0.5, 0.6) is 0 Å². The summed E-state index contributed by atoms with van der Waals surface area (Å²) in [6.07, 6.45) is 2.55. The summed E-state index contributed by atoms with van der Waals surface area (Å²) in [6, 6.07) is 10.1. The van der Waals surface area contributed by atoms with E-state index < -0.39 is 0 Å². The Hall–Kier alpha value is -2.01. The summed E-state index contributed by atoms with van der Waals surface area (Å²) in [7, 11) is 0. The number of Topliss-reactive ketones (excluding diaryl/α,β-unsaturated/α-hetero) is 1. The smallest absolute Gasteiger partial charge is 0.226 e. The van der Waals surface area contributed by atoms with E-state index in [-0.39, 0.29) is 17.6 Å². The Bertz CT molecular complexity index is 694. The molecule has 0 fully saturated rings. The molecule has 0 bridgehead atoms. The van der Waals surface area contributed by atoms with Crippen LogP contribution in [-0.4, -0.2) is 16.7 Å². The molecule has 5 heteroatoms. The molecule has 1 heterocycles. The Labute approximate surface area is 133 Å². The van der Waals surface area contributed by atoms with Crippen molar-refractivity contribution < 1.29 is 9.59 Å². The third-order valence-electron chi connectivity index (χ3n) is 3.82. The first-order valence-electron chi connectivity index (χ1n) is 7.55. The van der Waals surface area contributed by atoms with Gasteiger partial charge in [0.2, 0.25) is 5.91 Å². The van der Waals surface area contributed by atoms with Gasteiger partial charge in [0.25, 0.3) is 0 Å². The van der Waals surface area contributed by atoms with Crippen LogP contribution in [0, 0.1) is 0 Å². The summed E-state index contributed by atoms with van der Waals surface area (Å²) >= 11 is 1.30. The number of ketones is 1. The fourth-order valence-corrected chi connectivity index (χ4v) is 3.71. The van der Waals surface area contributed by atoms with Gasteiger partial charge in [0.1, 0.15) is 0 Å². The number of carbonyl (C=O) groups excluding carboxylic acids is 2. The average molecular weight is 314 g/mol. The molecule has 2 aromatic rings. The zero-order valence-electron chi connectivity index (χ0n) is 12.5. The predicted octanol–water partition coefficient (Wildman–Crippen LogP) is 3.79. The minimum atomic E-state index is -0.0411. The molecule has 22 heavy (non-hydrogen) atoms. The summed E-state index contributed by atoms with van der Waals surface area (Å²) < 4.78 is 0. The molecular formula is C17H18N2O2S. The van der Waals surface area contributed by atoms with Crippen molar-refractivity contribution in [1.82, 2.24) is 4.98 Å². The van der Waals surface area contributed by atoms with E-state index in [0.29, 0.717) is 22.9 Å². The van der Waals surface area contributed by atoms with Crippen LogP contribution in [0.2, 0.25) is 0 Å². The SMILES string of the molecule is CCCC(=O)Nc1nc2c(s1)C(=O)C[C@@H](c1ccccc1)C2. The van der Waals surface area contributed by atoms with Gasteiger partial charge in [-0.05, 0) is 24.3 Å². The number of rotatable bonds is 4. The third-order valence-corrected chi connectivity index (χ3v) is 4.87. The lowest BCUT2D eigenvalue weighted by Crippen LogP contribution is -2.17. The number of nitrogens with zero attached hydrogens (tertiary/aromatic N) is 1. The van der Waals surface area contributed by atoms with E-state index in [4.69, 9.17) is 0 Å². The minimum Gasteiger partial charge on any atom is -0.302 e. The molecule has 4 nitrogen and oxygen atoms in total. The molecule has 1 aliphatic carbocycles. The molecule has 1 N–H and O–H groups in total. The highest BCUT2D eigenvalue weighted by Gasteiger charge is 2.29. The van der Waals surface area contributed by atoms with Crippen molar-refractivity contribution in [2.75, 3.05) is 5.32 Å². The summed E-state index contributed by atoms with van der Waals surface area (Å²) in [4.78, 5) is 29.2. The van der Waals surface area contributed by atoms with Crippen LogP contribution in [0.25, 0.3) is 0 Å². The van der Waals surface area contributed by atoms with E-state index >= 15 is 0 Å². The maximum atomic E-state index is 12.4. The topological polar surface area (TPSA) is 59.1 Å². The number of hydrogen-bond donors (Lipinski definition) is 1. The predicted molar refractivity (Wildman–Crippen MR) is 87.5 cm³/mol. The second-order valence-corrected chi connectivity index (χ2v) is 6.53. The van der Waals surface area contributed by atoms with Crippen LogP contribution in [-0.2, 0) is 11.2 Å². The zero-order chi connectivity index (χ0) is 15.5. The highest BCUT2D eigenvalue weighted by Crippen LogP contribution is 2.36. The third kappa shape index (κ3) is 3.09. The molecule has 1 aromatic heterocycles.